The summed E-state index contributed by atoms with van der Waals surface area (Å²) in [5.41, 5.74) is 1.43. The summed E-state index contributed by atoms with van der Waals surface area (Å²) in [4.78, 5) is 25.6. The van der Waals surface area contributed by atoms with E-state index in [1.54, 1.807) is 20.1 Å². The Kier molecular flexibility index (Phi) is 5.82. The number of thiophene rings is 1. The van der Waals surface area contributed by atoms with Crippen LogP contribution < -0.4 is 10.9 Å². The number of rotatable bonds is 7. The standard InChI is InChI=1S/C18H20N4O4S/c1-11-7-14(26-21-11)13-8-17(24)22(9-16(23)19-12(2)10-25-3)20-18(13)15-5-4-6-27-15/h4-8,12H,9-10H2,1-3H3,(H,19,23)/t12-/m1/s1. The number of amides is 1. The Balaban J connectivity index is 1.96. The van der Waals surface area contributed by atoms with Gasteiger partial charge in [0.05, 0.1) is 22.7 Å². The third-order valence-electron chi connectivity index (χ3n) is 3.76. The number of hydrogen-bond acceptors (Lipinski definition) is 7. The van der Waals surface area contributed by atoms with Crippen LogP contribution in [0.3, 0.4) is 0 Å². The van der Waals surface area contributed by atoms with Crippen molar-refractivity contribution < 1.29 is 14.1 Å². The van der Waals surface area contributed by atoms with Crippen LogP contribution in [0.15, 0.2) is 39.0 Å². The second kappa shape index (κ2) is 8.28. The van der Waals surface area contributed by atoms with E-state index in [4.69, 9.17) is 9.26 Å². The Morgan fingerprint density at radius 1 is 1.44 bits per heavy atom. The zero-order chi connectivity index (χ0) is 19.4. The van der Waals surface area contributed by atoms with Crippen LogP contribution in [0.1, 0.15) is 12.6 Å². The van der Waals surface area contributed by atoms with E-state index >= 15 is 0 Å². The normalized spacial score (nSPS) is 12.1. The minimum absolute atomic E-state index is 0.161. The first-order valence-electron chi connectivity index (χ1n) is 8.36. The van der Waals surface area contributed by atoms with E-state index in [0.717, 1.165) is 9.56 Å². The second-order valence-electron chi connectivity index (χ2n) is 6.14. The molecule has 3 aromatic heterocycles. The highest BCUT2D eigenvalue weighted by Gasteiger charge is 2.18. The van der Waals surface area contributed by atoms with E-state index in [1.165, 1.54) is 17.4 Å². The number of nitrogens with one attached hydrogen (secondary N) is 1. The van der Waals surface area contributed by atoms with E-state index in [9.17, 15) is 9.59 Å². The van der Waals surface area contributed by atoms with Crippen LogP contribution in [0.25, 0.3) is 21.9 Å². The fraction of sp³-hybridized carbons (Fsp3) is 0.333. The maximum Gasteiger partial charge on any atom is 0.268 e. The van der Waals surface area contributed by atoms with Gasteiger partial charge in [0, 0.05) is 25.3 Å². The molecule has 1 N–H and O–H groups in total. The molecule has 0 bridgehead atoms. The molecule has 3 heterocycles. The van der Waals surface area contributed by atoms with Gasteiger partial charge in [-0.3, -0.25) is 9.59 Å². The highest BCUT2D eigenvalue weighted by molar-refractivity contribution is 7.13. The molecule has 3 aromatic rings. The van der Waals surface area contributed by atoms with Gasteiger partial charge in [0.25, 0.3) is 5.56 Å². The van der Waals surface area contributed by atoms with Crippen LogP contribution in [0.5, 0.6) is 0 Å². The Bertz CT molecular complexity index is 978. The molecule has 142 valence electrons. The summed E-state index contributed by atoms with van der Waals surface area (Å²) in [7, 11) is 1.56. The molecular formula is C18H20N4O4S. The molecule has 0 aliphatic heterocycles. The number of nitrogens with zero attached hydrogens (tertiary/aromatic N) is 3. The first kappa shape index (κ1) is 19.0. The van der Waals surface area contributed by atoms with Crippen molar-refractivity contribution in [3.63, 3.8) is 0 Å². The fourth-order valence-electron chi connectivity index (χ4n) is 2.63. The predicted octanol–water partition coefficient (Wildman–Crippen LogP) is 2.09. The van der Waals surface area contributed by atoms with Crippen molar-refractivity contribution in [1.82, 2.24) is 20.3 Å². The van der Waals surface area contributed by atoms with Gasteiger partial charge in [0.15, 0.2) is 5.76 Å². The van der Waals surface area contributed by atoms with Crippen molar-refractivity contribution in [1.29, 1.82) is 0 Å². The molecule has 1 atom stereocenters. The van der Waals surface area contributed by atoms with Gasteiger partial charge in [-0.15, -0.1) is 11.3 Å². The van der Waals surface area contributed by atoms with E-state index < -0.39 is 5.56 Å². The summed E-state index contributed by atoms with van der Waals surface area (Å²) in [6, 6.07) is 6.80. The van der Waals surface area contributed by atoms with Gasteiger partial charge in [-0.05, 0) is 25.3 Å². The molecule has 0 fully saturated rings. The number of carbonyl (C=O) groups is 1. The Morgan fingerprint density at radius 3 is 2.89 bits per heavy atom. The van der Waals surface area contributed by atoms with Gasteiger partial charge < -0.3 is 14.6 Å². The van der Waals surface area contributed by atoms with Crippen LogP contribution in [-0.2, 0) is 16.1 Å². The van der Waals surface area contributed by atoms with Crippen molar-refractivity contribution in [2.45, 2.75) is 26.4 Å². The van der Waals surface area contributed by atoms with E-state index in [-0.39, 0.29) is 18.5 Å². The summed E-state index contributed by atoms with van der Waals surface area (Å²) in [5.74, 6) is 0.153. The average molecular weight is 388 g/mol. The lowest BCUT2D eigenvalue weighted by Gasteiger charge is -2.14. The summed E-state index contributed by atoms with van der Waals surface area (Å²) >= 11 is 1.49. The molecule has 9 heteroatoms. The van der Waals surface area contributed by atoms with Gasteiger partial charge in [-0.2, -0.15) is 5.10 Å². The topological polar surface area (TPSA) is 99.2 Å². The lowest BCUT2D eigenvalue weighted by Crippen LogP contribution is -2.40. The van der Waals surface area contributed by atoms with Crippen molar-refractivity contribution in [3.05, 3.63) is 45.7 Å². The van der Waals surface area contributed by atoms with Gasteiger partial charge in [0.1, 0.15) is 12.2 Å². The molecule has 3 rings (SSSR count). The van der Waals surface area contributed by atoms with Crippen molar-refractivity contribution >= 4 is 17.2 Å². The summed E-state index contributed by atoms with van der Waals surface area (Å²) in [5, 5.41) is 13.0. The predicted molar refractivity (Wildman–Crippen MR) is 102 cm³/mol. The second-order valence-corrected chi connectivity index (χ2v) is 7.08. The van der Waals surface area contributed by atoms with Crippen LogP contribution >= 0.6 is 11.3 Å². The molecule has 8 nitrogen and oxygen atoms in total. The summed E-state index contributed by atoms with van der Waals surface area (Å²) in [6.45, 7) is 3.83. The summed E-state index contributed by atoms with van der Waals surface area (Å²) in [6.07, 6.45) is 0. The third-order valence-corrected chi connectivity index (χ3v) is 4.64. The minimum atomic E-state index is -0.395. The number of carbonyl (C=O) groups excluding carboxylic acids is 1. The molecule has 0 radical (unpaired) electrons. The van der Waals surface area contributed by atoms with Crippen LogP contribution in [0, 0.1) is 6.92 Å². The zero-order valence-corrected chi connectivity index (χ0v) is 16.1. The maximum atomic E-state index is 12.5. The molecule has 0 aliphatic rings. The molecule has 0 saturated heterocycles. The molecule has 27 heavy (non-hydrogen) atoms. The third kappa shape index (κ3) is 4.50. The van der Waals surface area contributed by atoms with Crippen molar-refractivity contribution in [2.75, 3.05) is 13.7 Å². The Labute approximate surface area is 159 Å². The van der Waals surface area contributed by atoms with Gasteiger partial charge >= 0.3 is 0 Å². The van der Waals surface area contributed by atoms with Crippen molar-refractivity contribution in [3.8, 4) is 21.9 Å². The molecular weight excluding hydrogens is 368 g/mol. The number of hydrogen-bond donors (Lipinski definition) is 1. The monoisotopic (exact) mass is 388 g/mol. The lowest BCUT2D eigenvalue weighted by atomic mass is 10.1. The van der Waals surface area contributed by atoms with Gasteiger partial charge in [-0.1, -0.05) is 11.2 Å². The fourth-order valence-corrected chi connectivity index (χ4v) is 3.35. The average Bonchev–Trinajstić information content (AvgIpc) is 3.28. The maximum absolute atomic E-state index is 12.5. The van der Waals surface area contributed by atoms with Gasteiger partial charge in [-0.25, -0.2) is 4.68 Å². The number of ether oxygens (including phenoxy) is 1. The number of aromatic nitrogens is 3. The van der Waals surface area contributed by atoms with E-state index in [2.05, 4.69) is 15.6 Å². The molecule has 1 amide bonds. The zero-order valence-electron chi connectivity index (χ0n) is 15.3. The first-order valence-corrected chi connectivity index (χ1v) is 9.24. The Hall–Kier alpha value is -2.78. The highest BCUT2D eigenvalue weighted by atomic mass is 32.1. The lowest BCUT2D eigenvalue weighted by molar-refractivity contribution is -0.122. The quantitative estimate of drug-likeness (QED) is 0.665. The SMILES string of the molecule is COC[C@@H](C)NC(=O)Cn1nc(-c2cccs2)c(-c2cc(C)no2)cc1=O. The first-order chi connectivity index (χ1) is 13.0. The molecule has 0 aromatic carbocycles. The summed E-state index contributed by atoms with van der Waals surface area (Å²) < 4.78 is 11.5. The van der Waals surface area contributed by atoms with E-state index in [0.29, 0.717) is 29.3 Å². The van der Waals surface area contributed by atoms with Crippen molar-refractivity contribution in [2.24, 2.45) is 0 Å². The number of aryl methyl sites for hydroxylation is 1. The molecule has 0 spiro atoms. The smallest absolute Gasteiger partial charge is 0.268 e. The largest absolute Gasteiger partial charge is 0.383 e. The highest BCUT2D eigenvalue weighted by Crippen LogP contribution is 2.32. The van der Waals surface area contributed by atoms with Crippen LogP contribution in [-0.4, -0.2) is 40.6 Å². The van der Waals surface area contributed by atoms with E-state index in [1.807, 2.05) is 24.4 Å². The minimum Gasteiger partial charge on any atom is -0.383 e. The van der Waals surface area contributed by atoms with Gasteiger partial charge in [0.2, 0.25) is 5.91 Å². The van der Waals surface area contributed by atoms with Crippen LogP contribution in [0.2, 0.25) is 0 Å². The Morgan fingerprint density at radius 2 is 2.26 bits per heavy atom. The number of methoxy groups -OCH3 is 1. The molecule has 0 aliphatic carbocycles. The molecule has 0 unspecified atom stereocenters. The van der Waals surface area contributed by atoms with Crippen LogP contribution in [0.4, 0.5) is 0 Å². The molecule has 0 saturated carbocycles.